The van der Waals surface area contributed by atoms with Gasteiger partial charge in [-0.1, -0.05) is 0 Å². The van der Waals surface area contributed by atoms with Gasteiger partial charge in [0.1, 0.15) is 11.6 Å². The van der Waals surface area contributed by atoms with Gasteiger partial charge in [-0.25, -0.2) is 4.98 Å². The standard InChI is InChI=1S/C10H9N2O/c1-13-9-4-2-3-8-7(9)5-6-12-10(8)11/h3-6H,1H3,(H2,11,12). The topological polar surface area (TPSA) is 48.1 Å². The summed E-state index contributed by atoms with van der Waals surface area (Å²) in [5, 5.41) is 1.84. The third-order valence-electron chi connectivity index (χ3n) is 1.95. The van der Waals surface area contributed by atoms with Gasteiger partial charge in [-0.05, 0) is 24.3 Å². The lowest BCUT2D eigenvalue weighted by atomic mass is 10.1. The average molecular weight is 173 g/mol. The minimum atomic E-state index is 0.507. The smallest absolute Gasteiger partial charge is 0.131 e. The molecule has 3 nitrogen and oxygen atoms in total. The van der Waals surface area contributed by atoms with E-state index in [-0.39, 0.29) is 0 Å². The van der Waals surface area contributed by atoms with E-state index >= 15 is 0 Å². The Morgan fingerprint density at radius 1 is 1.38 bits per heavy atom. The van der Waals surface area contributed by atoms with Gasteiger partial charge in [0.05, 0.1) is 7.11 Å². The summed E-state index contributed by atoms with van der Waals surface area (Å²) in [4.78, 5) is 3.98. The normalized spacial score (nSPS) is 10.2. The summed E-state index contributed by atoms with van der Waals surface area (Å²) in [6.45, 7) is 0. The fourth-order valence-corrected chi connectivity index (χ4v) is 1.30. The minimum Gasteiger partial charge on any atom is -0.496 e. The van der Waals surface area contributed by atoms with Gasteiger partial charge >= 0.3 is 0 Å². The molecule has 65 valence electrons. The third-order valence-corrected chi connectivity index (χ3v) is 1.95. The number of hydrogen-bond donors (Lipinski definition) is 1. The molecule has 0 fully saturated rings. The van der Waals surface area contributed by atoms with Crippen LogP contribution in [0.2, 0.25) is 0 Å². The van der Waals surface area contributed by atoms with Gasteiger partial charge in [0.15, 0.2) is 0 Å². The van der Waals surface area contributed by atoms with Gasteiger partial charge in [0.2, 0.25) is 0 Å². The first-order valence-corrected chi connectivity index (χ1v) is 3.91. The zero-order valence-corrected chi connectivity index (χ0v) is 7.24. The molecule has 0 aliphatic heterocycles. The van der Waals surface area contributed by atoms with Crippen molar-refractivity contribution in [3.8, 4) is 5.75 Å². The first-order valence-electron chi connectivity index (χ1n) is 3.91. The first kappa shape index (κ1) is 7.86. The highest BCUT2D eigenvalue weighted by atomic mass is 16.5. The number of aromatic nitrogens is 1. The second kappa shape index (κ2) is 2.94. The molecular formula is C10H9N2O. The summed E-state index contributed by atoms with van der Waals surface area (Å²) in [6.07, 6.45) is 1.67. The van der Waals surface area contributed by atoms with Crippen LogP contribution in [0.25, 0.3) is 10.8 Å². The highest BCUT2D eigenvalue weighted by Crippen LogP contribution is 2.26. The molecular weight excluding hydrogens is 164 g/mol. The molecule has 0 atom stereocenters. The Morgan fingerprint density at radius 3 is 3.00 bits per heavy atom. The Balaban J connectivity index is 2.84. The van der Waals surface area contributed by atoms with Crippen LogP contribution in [0.3, 0.4) is 0 Å². The number of pyridine rings is 1. The first-order chi connectivity index (χ1) is 6.33. The lowest BCUT2D eigenvalue weighted by molar-refractivity contribution is 0.419. The summed E-state index contributed by atoms with van der Waals surface area (Å²) in [6, 6.07) is 8.41. The van der Waals surface area contributed by atoms with Crippen LogP contribution < -0.4 is 10.5 Å². The highest BCUT2D eigenvalue weighted by Gasteiger charge is 2.02. The molecule has 1 heterocycles. The van der Waals surface area contributed by atoms with E-state index in [0.29, 0.717) is 5.82 Å². The number of rotatable bonds is 1. The van der Waals surface area contributed by atoms with Crippen molar-refractivity contribution in [3.05, 3.63) is 30.5 Å². The predicted molar refractivity (Wildman–Crippen MR) is 51.5 cm³/mol. The summed E-state index contributed by atoms with van der Waals surface area (Å²) in [5.74, 6) is 1.28. The van der Waals surface area contributed by atoms with Gasteiger partial charge < -0.3 is 10.5 Å². The van der Waals surface area contributed by atoms with E-state index < -0.39 is 0 Å². The number of anilines is 1. The molecule has 0 amide bonds. The maximum Gasteiger partial charge on any atom is 0.131 e. The molecule has 13 heavy (non-hydrogen) atoms. The fraction of sp³-hybridized carbons (Fsp3) is 0.100. The minimum absolute atomic E-state index is 0.507. The molecule has 3 heteroatoms. The molecule has 0 saturated heterocycles. The van der Waals surface area contributed by atoms with Crippen LogP contribution in [0.4, 0.5) is 5.82 Å². The number of nitrogens with zero attached hydrogens (tertiary/aromatic N) is 1. The summed E-state index contributed by atoms with van der Waals surface area (Å²) < 4.78 is 5.17. The van der Waals surface area contributed by atoms with E-state index in [2.05, 4.69) is 11.1 Å². The Bertz CT molecular complexity index is 440. The van der Waals surface area contributed by atoms with Crippen molar-refractivity contribution in [3.63, 3.8) is 0 Å². The Morgan fingerprint density at radius 2 is 2.23 bits per heavy atom. The van der Waals surface area contributed by atoms with Gasteiger partial charge in [-0.2, -0.15) is 0 Å². The van der Waals surface area contributed by atoms with E-state index in [9.17, 15) is 0 Å². The average Bonchev–Trinajstić information content (AvgIpc) is 2.18. The molecule has 2 N–H and O–H groups in total. The van der Waals surface area contributed by atoms with Crippen LogP contribution in [-0.4, -0.2) is 12.1 Å². The van der Waals surface area contributed by atoms with Crippen molar-refractivity contribution in [2.45, 2.75) is 0 Å². The van der Waals surface area contributed by atoms with Crippen LogP contribution in [0.1, 0.15) is 0 Å². The molecule has 0 bridgehead atoms. The van der Waals surface area contributed by atoms with Crippen LogP contribution in [0.15, 0.2) is 24.4 Å². The molecule has 1 radical (unpaired) electrons. The molecule has 0 saturated carbocycles. The van der Waals surface area contributed by atoms with Gasteiger partial charge in [0.25, 0.3) is 0 Å². The molecule has 1 aromatic carbocycles. The zero-order valence-electron chi connectivity index (χ0n) is 7.24. The number of nitrogens with two attached hydrogens (primary N) is 1. The van der Waals surface area contributed by atoms with Crippen molar-refractivity contribution in [1.29, 1.82) is 0 Å². The van der Waals surface area contributed by atoms with Crippen LogP contribution >= 0.6 is 0 Å². The Hall–Kier alpha value is -1.77. The molecule has 1 aromatic heterocycles. The molecule has 0 aliphatic rings. The van der Waals surface area contributed by atoms with Crippen molar-refractivity contribution in [1.82, 2.24) is 4.98 Å². The second-order valence-electron chi connectivity index (χ2n) is 2.68. The highest BCUT2D eigenvalue weighted by molar-refractivity contribution is 5.94. The molecule has 0 spiro atoms. The molecule has 0 aliphatic carbocycles. The predicted octanol–water partition coefficient (Wildman–Crippen LogP) is 1.63. The zero-order chi connectivity index (χ0) is 9.26. The van der Waals surface area contributed by atoms with Crippen molar-refractivity contribution < 1.29 is 4.74 Å². The second-order valence-corrected chi connectivity index (χ2v) is 2.68. The van der Waals surface area contributed by atoms with Crippen molar-refractivity contribution in [2.75, 3.05) is 12.8 Å². The lowest BCUT2D eigenvalue weighted by Gasteiger charge is -2.05. The SMILES string of the molecule is COc1c[c]cc2c(N)nccc12. The van der Waals surface area contributed by atoms with E-state index in [1.165, 1.54) is 0 Å². The van der Waals surface area contributed by atoms with Crippen LogP contribution in [0, 0.1) is 6.07 Å². The quantitative estimate of drug-likeness (QED) is 0.712. The maximum atomic E-state index is 5.69. The number of fused-ring (bicyclic) bond motifs is 1. The maximum absolute atomic E-state index is 5.69. The number of methoxy groups -OCH3 is 1. The van der Waals surface area contributed by atoms with Crippen LogP contribution in [-0.2, 0) is 0 Å². The summed E-state index contributed by atoms with van der Waals surface area (Å²) >= 11 is 0. The Kier molecular flexibility index (Phi) is 1.77. The van der Waals surface area contributed by atoms with E-state index in [1.807, 2.05) is 6.07 Å². The molecule has 0 unspecified atom stereocenters. The number of hydrogen-bond acceptors (Lipinski definition) is 3. The van der Waals surface area contributed by atoms with Crippen molar-refractivity contribution in [2.24, 2.45) is 0 Å². The fourth-order valence-electron chi connectivity index (χ4n) is 1.30. The molecule has 2 rings (SSSR count). The number of ether oxygens (including phenoxy) is 1. The van der Waals surface area contributed by atoms with Gasteiger partial charge in [-0.15, -0.1) is 0 Å². The van der Waals surface area contributed by atoms with Gasteiger partial charge in [-0.3, -0.25) is 0 Å². The van der Waals surface area contributed by atoms with E-state index in [0.717, 1.165) is 16.5 Å². The molecule has 2 aromatic rings. The number of benzene rings is 1. The Labute approximate surface area is 76.2 Å². The van der Waals surface area contributed by atoms with Crippen molar-refractivity contribution >= 4 is 16.6 Å². The lowest BCUT2D eigenvalue weighted by Crippen LogP contribution is -1.92. The third kappa shape index (κ3) is 1.18. The van der Waals surface area contributed by atoms with E-state index in [1.54, 1.807) is 25.4 Å². The van der Waals surface area contributed by atoms with E-state index in [4.69, 9.17) is 10.5 Å². The van der Waals surface area contributed by atoms with Crippen LogP contribution in [0.5, 0.6) is 5.75 Å². The summed E-state index contributed by atoms with van der Waals surface area (Å²) in [7, 11) is 1.62. The van der Waals surface area contributed by atoms with Gasteiger partial charge in [0, 0.05) is 17.0 Å². The number of nitrogen functional groups attached to an aromatic ring is 1. The summed E-state index contributed by atoms with van der Waals surface area (Å²) in [5.41, 5.74) is 5.69. The largest absolute Gasteiger partial charge is 0.496 e. The monoisotopic (exact) mass is 173 g/mol.